The molecule has 0 aromatic carbocycles. The molecule has 1 heterocycles. The van der Waals surface area contributed by atoms with Gasteiger partial charge in [0.15, 0.2) is 0 Å². The summed E-state index contributed by atoms with van der Waals surface area (Å²) in [6.07, 6.45) is 1.67. The molecule has 0 unspecified atom stereocenters. The number of nitrogens with two attached hydrogens (primary N) is 1. The highest BCUT2D eigenvalue weighted by Crippen LogP contribution is 1.96. The molecule has 0 spiro atoms. The number of pyridine rings is 1. The van der Waals surface area contributed by atoms with E-state index >= 15 is 0 Å². The first-order chi connectivity index (χ1) is 5.70. The molecule has 0 bridgehead atoms. The maximum atomic E-state index is 10.7. The van der Waals surface area contributed by atoms with Crippen molar-refractivity contribution < 1.29 is 4.79 Å². The molecule has 0 aliphatic rings. The van der Waals surface area contributed by atoms with Gasteiger partial charge in [-0.1, -0.05) is 6.07 Å². The molecule has 12 heavy (non-hydrogen) atoms. The number of carbonyl (C=O) groups is 1. The molecule has 64 valence electrons. The summed E-state index contributed by atoms with van der Waals surface area (Å²) in [5, 5.41) is 1.13. The fraction of sp³-hybridized carbons (Fsp3) is 0.250. The number of hydrogen-bond acceptors (Lipinski definition) is 3. The summed E-state index contributed by atoms with van der Waals surface area (Å²) in [6.45, 7) is 1.78. The molecule has 0 atom stereocenters. The van der Waals surface area contributed by atoms with E-state index in [1.165, 1.54) is 6.92 Å². The third-order valence-corrected chi connectivity index (χ3v) is 1.46. The van der Waals surface area contributed by atoms with Crippen LogP contribution in [0.5, 0.6) is 0 Å². The van der Waals surface area contributed by atoms with Gasteiger partial charge in [0.2, 0.25) is 5.91 Å². The third-order valence-electron chi connectivity index (χ3n) is 1.46. The Morgan fingerprint density at radius 3 is 2.92 bits per heavy atom. The second kappa shape index (κ2) is 3.82. The van der Waals surface area contributed by atoms with Gasteiger partial charge < -0.3 is 0 Å². The normalized spacial score (nSPS) is 9.50. The molecule has 4 nitrogen and oxygen atoms in total. The molecule has 4 heteroatoms. The molecule has 1 rings (SSSR count). The summed E-state index contributed by atoms with van der Waals surface area (Å²) in [7, 11) is 0. The molecule has 0 radical (unpaired) electrons. The number of hydrazine groups is 1. The van der Waals surface area contributed by atoms with E-state index in [2.05, 4.69) is 4.98 Å². The lowest BCUT2D eigenvalue weighted by Crippen LogP contribution is -2.34. The van der Waals surface area contributed by atoms with Gasteiger partial charge in [0.1, 0.15) is 0 Å². The van der Waals surface area contributed by atoms with E-state index in [4.69, 9.17) is 5.84 Å². The summed E-state index contributed by atoms with van der Waals surface area (Å²) in [6, 6.07) is 5.50. The van der Waals surface area contributed by atoms with Crippen molar-refractivity contribution in [2.24, 2.45) is 5.84 Å². The van der Waals surface area contributed by atoms with Crippen LogP contribution in [0.2, 0.25) is 0 Å². The van der Waals surface area contributed by atoms with E-state index < -0.39 is 0 Å². The zero-order chi connectivity index (χ0) is 8.97. The molecule has 0 saturated heterocycles. The van der Waals surface area contributed by atoms with Crippen molar-refractivity contribution in [1.82, 2.24) is 9.99 Å². The van der Waals surface area contributed by atoms with Crippen LogP contribution in [0.3, 0.4) is 0 Å². The minimum absolute atomic E-state index is 0.166. The molecule has 0 aliphatic heterocycles. The first-order valence-electron chi connectivity index (χ1n) is 3.63. The highest BCUT2D eigenvalue weighted by atomic mass is 16.2. The van der Waals surface area contributed by atoms with Crippen LogP contribution in [0.4, 0.5) is 0 Å². The van der Waals surface area contributed by atoms with Gasteiger partial charge in [-0.05, 0) is 12.1 Å². The van der Waals surface area contributed by atoms with E-state index in [0.29, 0.717) is 6.54 Å². The summed E-state index contributed by atoms with van der Waals surface area (Å²) < 4.78 is 0. The predicted molar refractivity (Wildman–Crippen MR) is 44.6 cm³/mol. The lowest BCUT2D eigenvalue weighted by molar-refractivity contribution is -0.129. The van der Waals surface area contributed by atoms with Crippen LogP contribution in [0.15, 0.2) is 24.4 Å². The SMILES string of the molecule is CC(=O)N(N)Cc1ccccn1. The standard InChI is InChI=1S/C8H11N3O/c1-7(12)11(9)6-8-4-2-3-5-10-8/h2-5H,6,9H2,1H3. The second-order valence-corrected chi connectivity index (χ2v) is 2.47. The predicted octanol–water partition coefficient (Wildman–Crippen LogP) is 0.304. The highest BCUT2D eigenvalue weighted by Gasteiger charge is 2.03. The van der Waals surface area contributed by atoms with E-state index in [0.717, 1.165) is 10.7 Å². The van der Waals surface area contributed by atoms with Gasteiger partial charge in [-0.25, -0.2) is 5.84 Å². The third kappa shape index (κ3) is 2.32. The Kier molecular flexibility index (Phi) is 2.76. The van der Waals surface area contributed by atoms with Gasteiger partial charge in [0, 0.05) is 13.1 Å². The van der Waals surface area contributed by atoms with Crippen molar-refractivity contribution in [2.45, 2.75) is 13.5 Å². The van der Waals surface area contributed by atoms with Crippen molar-refractivity contribution in [3.8, 4) is 0 Å². The van der Waals surface area contributed by atoms with Crippen LogP contribution in [0, 0.1) is 0 Å². The molecule has 1 aromatic rings. The number of rotatable bonds is 2. The molecule has 0 fully saturated rings. The second-order valence-electron chi connectivity index (χ2n) is 2.47. The van der Waals surface area contributed by atoms with Crippen LogP contribution in [0.1, 0.15) is 12.6 Å². The van der Waals surface area contributed by atoms with Crippen molar-refractivity contribution in [3.63, 3.8) is 0 Å². The zero-order valence-electron chi connectivity index (χ0n) is 6.90. The molecule has 1 aromatic heterocycles. The molecule has 2 N–H and O–H groups in total. The zero-order valence-corrected chi connectivity index (χ0v) is 6.90. The fourth-order valence-corrected chi connectivity index (χ4v) is 0.778. The van der Waals surface area contributed by atoms with Crippen LogP contribution in [0.25, 0.3) is 0 Å². The maximum absolute atomic E-state index is 10.7. The topological polar surface area (TPSA) is 59.2 Å². The average Bonchev–Trinajstić information content (AvgIpc) is 2.06. The van der Waals surface area contributed by atoms with Crippen molar-refractivity contribution in [2.75, 3.05) is 0 Å². The van der Waals surface area contributed by atoms with Gasteiger partial charge in [-0.2, -0.15) is 0 Å². The lowest BCUT2D eigenvalue weighted by atomic mass is 10.3. The van der Waals surface area contributed by atoms with E-state index in [1.54, 1.807) is 6.20 Å². The van der Waals surface area contributed by atoms with Crippen molar-refractivity contribution in [3.05, 3.63) is 30.1 Å². The minimum atomic E-state index is -0.166. The summed E-state index contributed by atoms with van der Waals surface area (Å²) in [4.78, 5) is 14.7. The Balaban J connectivity index is 2.58. The highest BCUT2D eigenvalue weighted by molar-refractivity contribution is 5.72. The number of carbonyl (C=O) groups excluding carboxylic acids is 1. The Labute approximate surface area is 71.0 Å². The monoisotopic (exact) mass is 165 g/mol. The number of amides is 1. The molecule has 1 amide bonds. The molecular weight excluding hydrogens is 154 g/mol. The van der Waals surface area contributed by atoms with Crippen molar-refractivity contribution >= 4 is 5.91 Å². The first-order valence-corrected chi connectivity index (χ1v) is 3.63. The number of nitrogens with zero attached hydrogens (tertiary/aromatic N) is 2. The molecule has 0 aliphatic carbocycles. The number of hydrogen-bond donors (Lipinski definition) is 1. The quantitative estimate of drug-likeness (QED) is 0.389. The largest absolute Gasteiger partial charge is 0.275 e. The Hall–Kier alpha value is -1.42. The van der Waals surface area contributed by atoms with Gasteiger partial charge >= 0.3 is 0 Å². The van der Waals surface area contributed by atoms with Gasteiger partial charge in [0.25, 0.3) is 0 Å². The Bertz CT molecular complexity index is 260. The van der Waals surface area contributed by atoms with Crippen molar-refractivity contribution in [1.29, 1.82) is 0 Å². The summed E-state index contributed by atoms with van der Waals surface area (Å²) in [5.74, 6) is 5.23. The fourth-order valence-electron chi connectivity index (χ4n) is 0.778. The molecule has 0 saturated carbocycles. The smallest absolute Gasteiger partial charge is 0.233 e. The van der Waals surface area contributed by atoms with Crippen LogP contribution < -0.4 is 5.84 Å². The summed E-state index contributed by atoms with van der Waals surface area (Å²) in [5.41, 5.74) is 0.787. The summed E-state index contributed by atoms with van der Waals surface area (Å²) >= 11 is 0. The van der Waals surface area contributed by atoms with Gasteiger partial charge in [-0.15, -0.1) is 0 Å². The van der Waals surface area contributed by atoms with E-state index in [9.17, 15) is 4.79 Å². The van der Waals surface area contributed by atoms with Crippen LogP contribution >= 0.6 is 0 Å². The van der Waals surface area contributed by atoms with Gasteiger partial charge in [0.05, 0.1) is 12.2 Å². The van der Waals surface area contributed by atoms with E-state index in [1.807, 2.05) is 18.2 Å². The number of aromatic nitrogens is 1. The van der Waals surface area contributed by atoms with E-state index in [-0.39, 0.29) is 5.91 Å². The average molecular weight is 165 g/mol. The first kappa shape index (κ1) is 8.67. The Morgan fingerprint density at radius 2 is 2.42 bits per heavy atom. The lowest BCUT2D eigenvalue weighted by Gasteiger charge is -2.12. The van der Waals surface area contributed by atoms with Crippen LogP contribution in [-0.4, -0.2) is 15.9 Å². The van der Waals surface area contributed by atoms with Gasteiger partial charge in [-0.3, -0.25) is 14.8 Å². The molecular formula is C8H11N3O. The van der Waals surface area contributed by atoms with Crippen LogP contribution in [-0.2, 0) is 11.3 Å². The maximum Gasteiger partial charge on any atom is 0.233 e. The minimum Gasteiger partial charge on any atom is -0.275 e. The Morgan fingerprint density at radius 1 is 1.67 bits per heavy atom.